The van der Waals surface area contributed by atoms with Crippen molar-refractivity contribution in [2.75, 3.05) is 12.8 Å². The number of fused-ring (bicyclic) bond motifs is 1. The fourth-order valence-corrected chi connectivity index (χ4v) is 3.27. The lowest BCUT2D eigenvalue weighted by Crippen LogP contribution is -2.53. The maximum Gasteiger partial charge on any atom is 0.491 e. The molecule has 134 valence electrons. The lowest BCUT2D eigenvalue weighted by molar-refractivity contribution is -0.0982. The van der Waals surface area contributed by atoms with Crippen molar-refractivity contribution >= 4 is 22.6 Å². The van der Waals surface area contributed by atoms with Gasteiger partial charge in [0.25, 0.3) is 0 Å². The molecule has 1 aromatic rings. The molecular weight excluding hydrogens is 329 g/mol. The minimum atomic E-state index is -3.20. The summed E-state index contributed by atoms with van der Waals surface area (Å²) in [6.07, 6.45) is 1.81. The summed E-state index contributed by atoms with van der Waals surface area (Å²) < 4.78 is 30.4. The van der Waals surface area contributed by atoms with Crippen molar-refractivity contribution < 1.29 is 23.2 Å². The van der Waals surface area contributed by atoms with E-state index in [1.165, 1.54) is 10.6 Å². The first kappa shape index (κ1) is 19.4. The molecule has 0 saturated heterocycles. The van der Waals surface area contributed by atoms with Crippen molar-refractivity contribution in [3.63, 3.8) is 0 Å². The third-order valence-corrected chi connectivity index (χ3v) is 6.09. The normalized spacial score (nSPS) is 16.8. The molecule has 1 aliphatic heterocycles. The fraction of sp³-hybridized carbons (Fsp3) is 0.625. The average Bonchev–Trinajstić information content (AvgIpc) is 2.43. The fourth-order valence-electron chi connectivity index (χ4n) is 2.48. The highest BCUT2D eigenvalue weighted by Crippen LogP contribution is 2.26. The zero-order valence-corrected chi connectivity index (χ0v) is 15.7. The van der Waals surface area contributed by atoms with Crippen LogP contribution in [0.2, 0.25) is 0 Å². The van der Waals surface area contributed by atoms with Crippen LogP contribution >= 0.6 is 0 Å². The molecule has 0 radical (unpaired) electrons. The van der Waals surface area contributed by atoms with Gasteiger partial charge < -0.3 is 14.8 Å². The van der Waals surface area contributed by atoms with Crippen molar-refractivity contribution in [3.05, 3.63) is 29.3 Å². The van der Waals surface area contributed by atoms with Crippen molar-refractivity contribution in [1.82, 2.24) is 4.31 Å². The molecule has 0 atom stereocenters. The number of nitrogens with zero attached hydrogens (tertiary/aromatic N) is 1. The van der Waals surface area contributed by atoms with Crippen LogP contribution in [0, 0.1) is 0 Å². The molecule has 1 heterocycles. The number of rotatable bonds is 5. The molecule has 0 amide bonds. The topological polar surface area (TPSA) is 87.1 Å². The minimum absolute atomic E-state index is 0.348. The summed E-state index contributed by atoms with van der Waals surface area (Å²) >= 11 is 0. The van der Waals surface area contributed by atoms with E-state index in [0.29, 0.717) is 25.0 Å². The maximum absolute atomic E-state index is 11.7. The van der Waals surface area contributed by atoms with Gasteiger partial charge in [-0.2, -0.15) is 4.31 Å². The molecule has 0 spiro atoms. The highest BCUT2D eigenvalue weighted by molar-refractivity contribution is 7.88. The van der Waals surface area contributed by atoms with Crippen LogP contribution in [-0.2, 0) is 27.6 Å². The lowest BCUT2D eigenvalue weighted by Gasteiger charge is -2.38. The Morgan fingerprint density at radius 2 is 1.83 bits per heavy atom. The smallest absolute Gasteiger partial charge is 0.423 e. The molecular formula is C16H26BNO5S. The Bertz CT molecular complexity index is 712. The van der Waals surface area contributed by atoms with Crippen molar-refractivity contribution in [1.29, 1.82) is 0 Å². The van der Waals surface area contributed by atoms with Crippen LogP contribution in [0.25, 0.3) is 0 Å². The summed E-state index contributed by atoms with van der Waals surface area (Å²) in [4.78, 5) is 0. The van der Waals surface area contributed by atoms with E-state index in [9.17, 15) is 18.5 Å². The number of aliphatic hydroxyl groups is 1. The van der Waals surface area contributed by atoms with Crippen LogP contribution in [0.1, 0.15) is 38.8 Å². The van der Waals surface area contributed by atoms with Crippen LogP contribution in [0.5, 0.6) is 0 Å². The first-order valence-corrected chi connectivity index (χ1v) is 9.81. The first-order valence-electron chi connectivity index (χ1n) is 7.96. The second kappa shape index (κ2) is 6.42. The third kappa shape index (κ3) is 4.18. The van der Waals surface area contributed by atoms with Gasteiger partial charge in [0, 0.05) is 13.1 Å². The van der Waals surface area contributed by atoms with E-state index in [0.717, 1.165) is 11.1 Å². The first-order chi connectivity index (χ1) is 10.8. The van der Waals surface area contributed by atoms with Gasteiger partial charge >= 0.3 is 7.12 Å². The Balaban J connectivity index is 2.18. The zero-order valence-electron chi connectivity index (χ0n) is 14.9. The number of hydrogen-bond acceptors (Lipinski definition) is 5. The van der Waals surface area contributed by atoms with Gasteiger partial charge in [-0.05, 0) is 50.7 Å². The molecule has 0 fully saturated rings. The predicted molar refractivity (Wildman–Crippen MR) is 94.5 cm³/mol. The van der Waals surface area contributed by atoms with Gasteiger partial charge in [-0.1, -0.05) is 18.2 Å². The number of benzene rings is 1. The van der Waals surface area contributed by atoms with Gasteiger partial charge in [-0.15, -0.1) is 0 Å². The summed E-state index contributed by atoms with van der Waals surface area (Å²) in [5.41, 5.74) is 0.493. The maximum atomic E-state index is 11.7. The number of hydrogen-bond donors (Lipinski definition) is 2. The van der Waals surface area contributed by atoms with Crippen LogP contribution in [-0.4, -0.2) is 54.0 Å². The zero-order chi connectivity index (χ0) is 18.3. The Hall–Kier alpha value is -0.925. The third-order valence-electron chi connectivity index (χ3n) is 4.84. The van der Waals surface area contributed by atoms with E-state index in [1.807, 2.05) is 12.1 Å². The van der Waals surface area contributed by atoms with Crippen LogP contribution in [0.3, 0.4) is 0 Å². The minimum Gasteiger partial charge on any atom is -0.423 e. The summed E-state index contributed by atoms with van der Waals surface area (Å²) in [6, 6.07) is 5.40. The van der Waals surface area contributed by atoms with Gasteiger partial charge in [0.15, 0.2) is 0 Å². The second-order valence-corrected chi connectivity index (χ2v) is 9.40. The summed E-state index contributed by atoms with van der Waals surface area (Å²) in [6.45, 7) is 7.48. The van der Waals surface area contributed by atoms with Gasteiger partial charge in [0.05, 0.1) is 17.5 Å². The van der Waals surface area contributed by atoms with E-state index in [1.54, 1.807) is 33.8 Å². The highest BCUT2D eigenvalue weighted by atomic mass is 32.2. The van der Waals surface area contributed by atoms with Crippen molar-refractivity contribution in [3.8, 4) is 0 Å². The van der Waals surface area contributed by atoms with Gasteiger partial charge in [-0.25, -0.2) is 8.42 Å². The average molecular weight is 355 g/mol. The predicted octanol–water partition coefficient (Wildman–Crippen LogP) is 0.258. The molecule has 1 aliphatic rings. The van der Waals surface area contributed by atoms with E-state index in [-0.39, 0.29) is 0 Å². The summed E-state index contributed by atoms with van der Waals surface area (Å²) in [7, 11) is -4.37. The van der Waals surface area contributed by atoms with Crippen LogP contribution < -0.4 is 5.46 Å². The Kier molecular flexibility index (Phi) is 5.19. The van der Waals surface area contributed by atoms with Gasteiger partial charge in [-0.3, -0.25) is 0 Å². The summed E-state index contributed by atoms with van der Waals surface area (Å²) in [5, 5.41) is 20.5. The molecule has 6 nitrogen and oxygen atoms in total. The van der Waals surface area contributed by atoms with Gasteiger partial charge in [0.2, 0.25) is 10.0 Å². The van der Waals surface area contributed by atoms with E-state index in [2.05, 4.69) is 0 Å². The Morgan fingerprint density at radius 1 is 1.21 bits per heavy atom. The lowest BCUT2D eigenvalue weighted by atomic mass is 9.75. The second-order valence-electron chi connectivity index (χ2n) is 7.41. The highest BCUT2D eigenvalue weighted by Gasteiger charge is 2.39. The molecule has 8 heteroatoms. The van der Waals surface area contributed by atoms with Crippen molar-refractivity contribution in [2.24, 2.45) is 0 Å². The van der Waals surface area contributed by atoms with E-state index in [4.69, 9.17) is 4.65 Å². The van der Waals surface area contributed by atoms with Crippen LogP contribution in [0.4, 0.5) is 0 Å². The Labute approximate surface area is 144 Å². The van der Waals surface area contributed by atoms with Crippen molar-refractivity contribution in [2.45, 2.75) is 51.9 Å². The molecule has 0 bridgehead atoms. The van der Waals surface area contributed by atoms with E-state index >= 15 is 0 Å². The molecule has 0 saturated carbocycles. The van der Waals surface area contributed by atoms with E-state index < -0.39 is 28.3 Å². The van der Waals surface area contributed by atoms with Crippen LogP contribution in [0.15, 0.2) is 18.2 Å². The monoisotopic (exact) mass is 355 g/mol. The SMILES string of the molecule is CC(C)(O)C(C)(C)OB(O)c1ccc2c(c1)CCN(S(C)(=O)=O)C2. The quantitative estimate of drug-likeness (QED) is 0.740. The molecule has 0 aliphatic carbocycles. The molecule has 2 rings (SSSR count). The molecule has 2 N–H and O–H groups in total. The molecule has 0 aromatic heterocycles. The Morgan fingerprint density at radius 3 is 2.38 bits per heavy atom. The largest absolute Gasteiger partial charge is 0.491 e. The molecule has 0 unspecified atom stereocenters. The van der Waals surface area contributed by atoms with Gasteiger partial charge in [0.1, 0.15) is 0 Å². The standard InChI is InChI=1S/C16H26BNO5S/c1-15(2,19)16(3,4)23-17(20)14-7-6-13-11-18(24(5,21)22)9-8-12(13)10-14/h6-7,10,19-20H,8-9,11H2,1-5H3. The summed E-state index contributed by atoms with van der Waals surface area (Å²) in [5.74, 6) is 0. The molecule has 24 heavy (non-hydrogen) atoms. The number of sulfonamides is 1. The molecule has 1 aromatic carbocycles.